The summed E-state index contributed by atoms with van der Waals surface area (Å²) in [5, 5.41) is 9.01. The average molecular weight is 456 g/mol. The summed E-state index contributed by atoms with van der Waals surface area (Å²) in [4.78, 5) is 33.7. The number of benzene rings is 2. The van der Waals surface area contributed by atoms with Crippen molar-refractivity contribution in [2.45, 2.75) is 32.6 Å². The van der Waals surface area contributed by atoms with Crippen molar-refractivity contribution in [1.82, 2.24) is 19.4 Å². The fourth-order valence-corrected chi connectivity index (χ4v) is 4.62. The van der Waals surface area contributed by atoms with Gasteiger partial charge in [-0.05, 0) is 67.5 Å². The van der Waals surface area contributed by atoms with Crippen LogP contribution in [0.1, 0.15) is 61.9 Å². The Morgan fingerprint density at radius 1 is 1.06 bits per heavy atom. The minimum absolute atomic E-state index is 0.0117. The van der Waals surface area contributed by atoms with Crippen LogP contribution in [0.15, 0.2) is 48.9 Å². The number of aromatic nitrogens is 2. The third-order valence-electron chi connectivity index (χ3n) is 6.59. The van der Waals surface area contributed by atoms with Gasteiger partial charge in [-0.15, -0.1) is 0 Å². The first kappa shape index (κ1) is 23.2. The number of nitriles is 1. The summed E-state index contributed by atoms with van der Waals surface area (Å²) in [6.07, 6.45) is 4.94. The zero-order valence-corrected chi connectivity index (χ0v) is 20.1. The minimum Gasteiger partial charge on any atom is -0.343 e. The highest BCUT2D eigenvalue weighted by atomic mass is 16.2. The van der Waals surface area contributed by atoms with Crippen LogP contribution in [-0.4, -0.2) is 58.4 Å². The number of carbonyl (C=O) groups excluding carboxylic acids is 2. The molecule has 1 aliphatic rings. The number of aryl methyl sites for hydroxylation is 2. The van der Waals surface area contributed by atoms with Crippen molar-refractivity contribution in [3.05, 3.63) is 82.4 Å². The molecule has 4 rings (SSSR count). The number of nitrogens with zero attached hydrogens (tertiary/aromatic N) is 5. The van der Waals surface area contributed by atoms with Crippen molar-refractivity contribution in [2.75, 3.05) is 27.2 Å². The Hall–Kier alpha value is -3.92. The highest BCUT2D eigenvalue weighted by Gasteiger charge is 2.26. The molecule has 1 aliphatic heterocycles. The summed E-state index contributed by atoms with van der Waals surface area (Å²) in [5.41, 5.74) is 5.66. The Morgan fingerprint density at radius 3 is 2.35 bits per heavy atom. The molecule has 7 heteroatoms. The van der Waals surface area contributed by atoms with E-state index in [4.69, 9.17) is 5.26 Å². The lowest BCUT2D eigenvalue weighted by molar-refractivity contribution is 0.0712. The number of hydrogen-bond donors (Lipinski definition) is 0. The molecule has 0 N–H and O–H groups in total. The molecule has 0 bridgehead atoms. The first-order chi connectivity index (χ1) is 16.3. The molecule has 0 aliphatic carbocycles. The molecule has 2 amide bonds. The van der Waals surface area contributed by atoms with E-state index < -0.39 is 0 Å². The molecule has 7 nitrogen and oxygen atoms in total. The van der Waals surface area contributed by atoms with E-state index in [9.17, 15) is 9.59 Å². The molecule has 0 radical (unpaired) electrons. The molecule has 3 aromatic rings. The summed E-state index contributed by atoms with van der Waals surface area (Å²) in [6, 6.07) is 13.8. The third-order valence-corrected chi connectivity index (χ3v) is 6.59. The van der Waals surface area contributed by atoms with Crippen molar-refractivity contribution < 1.29 is 9.59 Å². The summed E-state index contributed by atoms with van der Waals surface area (Å²) >= 11 is 0. The van der Waals surface area contributed by atoms with E-state index in [2.05, 4.69) is 11.1 Å². The molecule has 1 aromatic heterocycles. The first-order valence-electron chi connectivity index (χ1n) is 11.4. The van der Waals surface area contributed by atoms with E-state index in [0.717, 1.165) is 29.7 Å². The summed E-state index contributed by atoms with van der Waals surface area (Å²) in [7, 11) is 3.41. The van der Waals surface area contributed by atoms with Gasteiger partial charge in [-0.2, -0.15) is 5.26 Å². The van der Waals surface area contributed by atoms with Crippen molar-refractivity contribution in [3.63, 3.8) is 0 Å². The predicted octanol–water partition coefficient (Wildman–Crippen LogP) is 4.08. The van der Waals surface area contributed by atoms with Crippen LogP contribution in [0.3, 0.4) is 0 Å². The highest BCUT2D eigenvalue weighted by Crippen LogP contribution is 2.30. The van der Waals surface area contributed by atoms with Crippen LogP contribution in [-0.2, 0) is 0 Å². The molecule has 2 aromatic carbocycles. The minimum atomic E-state index is -0.143. The van der Waals surface area contributed by atoms with Gasteiger partial charge in [0.1, 0.15) is 5.69 Å². The van der Waals surface area contributed by atoms with Gasteiger partial charge in [0.05, 0.1) is 29.8 Å². The molecule has 0 atom stereocenters. The van der Waals surface area contributed by atoms with E-state index in [0.29, 0.717) is 35.8 Å². The lowest BCUT2D eigenvalue weighted by Gasteiger charge is -2.33. The summed E-state index contributed by atoms with van der Waals surface area (Å²) in [5.74, 6) is 0.255. The van der Waals surface area contributed by atoms with Gasteiger partial charge in [0, 0.05) is 32.7 Å². The molecule has 1 fully saturated rings. The number of rotatable bonds is 4. The Balaban J connectivity index is 1.55. The zero-order valence-electron chi connectivity index (χ0n) is 20.1. The van der Waals surface area contributed by atoms with Crippen LogP contribution in [0, 0.1) is 25.2 Å². The number of likely N-dealkylation sites (tertiary alicyclic amines) is 1. The third kappa shape index (κ3) is 4.44. The van der Waals surface area contributed by atoms with Gasteiger partial charge < -0.3 is 9.80 Å². The number of hydrogen-bond acceptors (Lipinski definition) is 4. The molecule has 2 heterocycles. The fraction of sp³-hybridized carbons (Fsp3) is 0.333. The monoisotopic (exact) mass is 455 g/mol. The SMILES string of the molecule is Cc1cc(C)c(-n2cncc2C(=O)N(C)C)cc1C(=O)N1CCC(c2ccc(C#N)cc2)CC1. The second-order valence-corrected chi connectivity index (χ2v) is 9.10. The van der Waals surface area contributed by atoms with E-state index >= 15 is 0 Å². The van der Waals surface area contributed by atoms with Gasteiger partial charge in [-0.3, -0.25) is 14.2 Å². The van der Waals surface area contributed by atoms with E-state index in [1.807, 2.05) is 55.1 Å². The molecular weight excluding hydrogens is 426 g/mol. The molecule has 0 spiro atoms. The number of piperidine rings is 1. The van der Waals surface area contributed by atoms with E-state index in [1.54, 1.807) is 31.2 Å². The maximum Gasteiger partial charge on any atom is 0.271 e. The van der Waals surface area contributed by atoms with Crippen LogP contribution < -0.4 is 0 Å². The number of carbonyl (C=O) groups is 2. The quantitative estimate of drug-likeness (QED) is 0.594. The predicted molar refractivity (Wildman–Crippen MR) is 130 cm³/mol. The maximum atomic E-state index is 13.5. The van der Waals surface area contributed by atoms with Crippen molar-refractivity contribution in [1.29, 1.82) is 5.26 Å². The standard InChI is InChI=1S/C27H29N5O2/c1-18-13-19(2)24(32-17-29-16-25(32)27(34)30(3)4)14-23(18)26(33)31-11-9-22(10-12-31)21-7-5-20(15-28)6-8-21/h5-8,13-14,16-17,22H,9-12H2,1-4H3. The smallest absolute Gasteiger partial charge is 0.271 e. The summed E-state index contributed by atoms with van der Waals surface area (Å²) in [6.45, 7) is 5.29. The van der Waals surface area contributed by atoms with Gasteiger partial charge in [-0.1, -0.05) is 18.2 Å². The molecule has 0 saturated carbocycles. The van der Waals surface area contributed by atoms with Gasteiger partial charge in [0.15, 0.2) is 0 Å². The van der Waals surface area contributed by atoms with Crippen LogP contribution in [0.25, 0.3) is 5.69 Å². The van der Waals surface area contributed by atoms with E-state index in [-0.39, 0.29) is 11.8 Å². The van der Waals surface area contributed by atoms with Crippen molar-refractivity contribution in [3.8, 4) is 11.8 Å². The Labute approximate surface area is 200 Å². The fourth-order valence-electron chi connectivity index (χ4n) is 4.62. The van der Waals surface area contributed by atoms with Gasteiger partial charge in [-0.25, -0.2) is 4.98 Å². The van der Waals surface area contributed by atoms with Gasteiger partial charge >= 0.3 is 0 Å². The topological polar surface area (TPSA) is 82.2 Å². The largest absolute Gasteiger partial charge is 0.343 e. The number of imidazole rings is 1. The first-order valence-corrected chi connectivity index (χ1v) is 11.4. The maximum absolute atomic E-state index is 13.5. The molecule has 0 unspecified atom stereocenters. The van der Waals surface area contributed by atoms with Gasteiger partial charge in [0.2, 0.25) is 0 Å². The van der Waals surface area contributed by atoms with Crippen molar-refractivity contribution in [2.24, 2.45) is 0 Å². The Kier molecular flexibility index (Phi) is 6.51. The highest BCUT2D eigenvalue weighted by molar-refractivity contribution is 5.97. The van der Waals surface area contributed by atoms with Crippen LogP contribution in [0.2, 0.25) is 0 Å². The van der Waals surface area contributed by atoms with Gasteiger partial charge in [0.25, 0.3) is 11.8 Å². The second-order valence-electron chi connectivity index (χ2n) is 9.10. The molecule has 1 saturated heterocycles. The number of amides is 2. The lowest BCUT2D eigenvalue weighted by Crippen LogP contribution is -2.38. The Bertz CT molecular complexity index is 1260. The van der Waals surface area contributed by atoms with Crippen molar-refractivity contribution >= 4 is 11.8 Å². The molecular formula is C27H29N5O2. The molecule has 174 valence electrons. The normalized spacial score (nSPS) is 14.0. The zero-order chi connectivity index (χ0) is 24.4. The van der Waals surface area contributed by atoms with Crippen LogP contribution >= 0.6 is 0 Å². The Morgan fingerprint density at radius 2 is 1.74 bits per heavy atom. The average Bonchev–Trinajstić information content (AvgIpc) is 3.33. The van der Waals surface area contributed by atoms with Crippen LogP contribution in [0.4, 0.5) is 0 Å². The van der Waals surface area contributed by atoms with Crippen LogP contribution in [0.5, 0.6) is 0 Å². The lowest BCUT2D eigenvalue weighted by atomic mass is 9.88. The van der Waals surface area contributed by atoms with E-state index in [1.165, 1.54) is 10.5 Å². The molecule has 34 heavy (non-hydrogen) atoms. The summed E-state index contributed by atoms with van der Waals surface area (Å²) < 4.78 is 1.75. The second kappa shape index (κ2) is 9.52.